The van der Waals surface area contributed by atoms with Crippen LogP contribution >= 0.6 is 0 Å². The van der Waals surface area contributed by atoms with E-state index in [1.807, 2.05) is 32.0 Å². The fourth-order valence-corrected chi connectivity index (χ4v) is 4.77. The predicted octanol–water partition coefficient (Wildman–Crippen LogP) is 4.30. The van der Waals surface area contributed by atoms with Gasteiger partial charge in [-0.05, 0) is 48.1 Å². The average Bonchev–Trinajstić information content (AvgIpc) is 3.02. The second-order valence-electron chi connectivity index (χ2n) is 7.52. The second kappa shape index (κ2) is 7.65. The van der Waals surface area contributed by atoms with Crippen LogP contribution in [-0.4, -0.2) is 19.3 Å². The minimum Gasteiger partial charge on any atom is -0.468 e. The van der Waals surface area contributed by atoms with Gasteiger partial charge in [-0.3, -0.25) is 0 Å². The molecule has 0 unspecified atom stereocenters. The van der Waals surface area contributed by atoms with Gasteiger partial charge in [0.15, 0.2) is 0 Å². The third kappa shape index (κ3) is 4.35. The minimum absolute atomic E-state index is 0.0630. The first-order valence-electron chi connectivity index (χ1n) is 8.58. The number of sulfonamides is 1. The van der Waals surface area contributed by atoms with E-state index in [0.717, 1.165) is 16.7 Å². The van der Waals surface area contributed by atoms with Gasteiger partial charge in [-0.15, -0.1) is 0 Å². The first-order valence-corrected chi connectivity index (χ1v) is 10.0. The zero-order valence-corrected chi connectivity index (χ0v) is 16.9. The van der Waals surface area contributed by atoms with Crippen molar-refractivity contribution in [1.29, 1.82) is 5.26 Å². The molecule has 0 aliphatic carbocycles. The number of nitriles is 1. The first kappa shape index (κ1) is 20.2. The molecule has 0 fully saturated rings. The fourth-order valence-electron chi connectivity index (χ4n) is 2.95. The molecule has 0 amide bonds. The van der Waals surface area contributed by atoms with Gasteiger partial charge in [0.1, 0.15) is 5.76 Å². The number of rotatable bonds is 6. The number of benzene rings is 1. The zero-order chi connectivity index (χ0) is 19.5. The van der Waals surface area contributed by atoms with E-state index in [9.17, 15) is 8.42 Å². The fraction of sp³-hybridized carbons (Fsp3) is 0.450. The molecule has 1 aromatic carbocycles. The molecule has 0 bridgehead atoms. The monoisotopic (exact) mass is 374 g/mol. The maximum absolute atomic E-state index is 13.3. The van der Waals surface area contributed by atoms with Crippen molar-refractivity contribution in [2.75, 3.05) is 6.54 Å². The van der Waals surface area contributed by atoms with Crippen LogP contribution in [0.25, 0.3) is 0 Å². The van der Waals surface area contributed by atoms with Crippen molar-refractivity contribution in [3.8, 4) is 6.07 Å². The van der Waals surface area contributed by atoms with Crippen LogP contribution in [0.4, 0.5) is 0 Å². The summed E-state index contributed by atoms with van der Waals surface area (Å²) in [6, 6.07) is 9.36. The lowest BCUT2D eigenvalue weighted by atomic mass is 9.85. The first-order chi connectivity index (χ1) is 12.1. The number of aryl methyl sites for hydroxylation is 2. The van der Waals surface area contributed by atoms with Crippen molar-refractivity contribution in [1.82, 2.24) is 4.31 Å². The highest BCUT2D eigenvalue weighted by atomic mass is 32.2. The highest BCUT2D eigenvalue weighted by molar-refractivity contribution is 7.89. The van der Waals surface area contributed by atoms with E-state index in [4.69, 9.17) is 9.68 Å². The normalized spacial score (nSPS) is 12.3. The highest BCUT2D eigenvalue weighted by Gasteiger charge is 2.29. The van der Waals surface area contributed by atoms with E-state index in [1.165, 1.54) is 10.6 Å². The molecular weight excluding hydrogens is 348 g/mol. The largest absolute Gasteiger partial charge is 0.468 e. The molecule has 0 saturated carbocycles. The molecule has 0 N–H and O–H groups in total. The molecule has 26 heavy (non-hydrogen) atoms. The summed E-state index contributed by atoms with van der Waals surface area (Å²) in [6.07, 6.45) is 1.64. The molecule has 2 aromatic rings. The van der Waals surface area contributed by atoms with Crippen molar-refractivity contribution >= 4 is 10.0 Å². The lowest BCUT2D eigenvalue weighted by Gasteiger charge is -2.25. The van der Waals surface area contributed by atoms with E-state index >= 15 is 0 Å². The Kier molecular flexibility index (Phi) is 5.94. The lowest BCUT2D eigenvalue weighted by Crippen LogP contribution is -2.32. The van der Waals surface area contributed by atoms with Crippen LogP contribution in [0, 0.1) is 25.2 Å². The molecule has 0 radical (unpaired) electrons. The van der Waals surface area contributed by atoms with Crippen LogP contribution < -0.4 is 0 Å². The summed E-state index contributed by atoms with van der Waals surface area (Å²) in [6.45, 7) is 10.2. The highest BCUT2D eigenvalue weighted by Crippen LogP contribution is 2.31. The van der Waals surface area contributed by atoms with Crippen LogP contribution in [0.2, 0.25) is 0 Å². The third-order valence-electron chi connectivity index (χ3n) is 4.31. The molecular formula is C20H26N2O3S. The summed E-state index contributed by atoms with van der Waals surface area (Å²) in [5.41, 5.74) is 2.47. The maximum Gasteiger partial charge on any atom is 0.244 e. The van der Waals surface area contributed by atoms with Gasteiger partial charge in [0, 0.05) is 13.0 Å². The van der Waals surface area contributed by atoms with E-state index in [2.05, 4.69) is 20.8 Å². The molecule has 0 saturated heterocycles. The summed E-state index contributed by atoms with van der Waals surface area (Å²) in [4.78, 5) is 0.315. The van der Waals surface area contributed by atoms with Crippen LogP contribution in [0.1, 0.15) is 49.6 Å². The average molecular weight is 375 g/mol. The molecule has 0 atom stereocenters. The van der Waals surface area contributed by atoms with Crippen molar-refractivity contribution in [3.63, 3.8) is 0 Å². The Morgan fingerprint density at radius 1 is 1.19 bits per heavy atom. The molecule has 0 aliphatic rings. The van der Waals surface area contributed by atoms with Gasteiger partial charge in [-0.1, -0.05) is 32.9 Å². The van der Waals surface area contributed by atoms with E-state index in [1.54, 1.807) is 12.1 Å². The summed E-state index contributed by atoms with van der Waals surface area (Å²) in [5, 5.41) is 8.92. The van der Waals surface area contributed by atoms with E-state index in [0.29, 0.717) is 10.7 Å². The molecule has 5 nitrogen and oxygen atoms in total. The number of hydrogen-bond donors (Lipinski definition) is 0. The Hall–Kier alpha value is -2.10. The van der Waals surface area contributed by atoms with Gasteiger partial charge in [0.25, 0.3) is 0 Å². The van der Waals surface area contributed by atoms with Gasteiger partial charge in [-0.2, -0.15) is 9.57 Å². The Balaban J connectivity index is 2.50. The Morgan fingerprint density at radius 2 is 1.81 bits per heavy atom. The zero-order valence-electron chi connectivity index (χ0n) is 16.0. The van der Waals surface area contributed by atoms with Crippen molar-refractivity contribution in [3.05, 3.63) is 53.0 Å². The molecule has 0 aliphatic heterocycles. The van der Waals surface area contributed by atoms with Crippen molar-refractivity contribution < 1.29 is 12.8 Å². The van der Waals surface area contributed by atoms with Gasteiger partial charge < -0.3 is 4.42 Å². The van der Waals surface area contributed by atoms with Crippen molar-refractivity contribution in [2.24, 2.45) is 0 Å². The topological polar surface area (TPSA) is 74.3 Å². The van der Waals surface area contributed by atoms with Crippen LogP contribution in [0.5, 0.6) is 0 Å². The molecule has 1 aromatic heterocycles. The summed E-state index contributed by atoms with van der Waals surface area (Å²) in [5.74, 6) is 0.549. The number of furan rings is 1. The molecule has 0 spiro atoms. The van der Waals surface area contributed by atoms with Crippen LogP contribution in [0.15, 0.2) is 39.8 Å². The smallest absolute Gasteiger partial charge is 0.244 e. The Morgan fingerprint density at radius 3 is 2.27 bits per heavy atom. The predicted molar refractivity (Wildman–Crippen MR) is 101 cm³/mol. The van der Waals surface area contributed by atoms with Crippen molar-refractivity contribution in [2.45, 2.75) is 57.9 Å². The van der Waals surface area contributed by atoms with Gasteiger partial charge >= 0.3 is 0 Å². The Bertz CT molecular complexity index is 879. The lowest BCUT2D eigenvalue weighted by molar-refractivity contribution is 0.368. The van der Waals surface area contributed by atoms with Gasteiger partial charge in [0.05, 0.1) is 23.8 Å². The molecule has 6 heteroatoms. The molecule has 2 rings (SSSR count). The maximum atomic E-state index is 13.3. The molecule has 1 heterocycles. The van der Waals surface area contributed by atoms with Gasteiger partial charge in [0.2, 0.25) is 10.0 Å². The van der Waals surface area contributed by atoms with E-state index < -0.39 is 10.0 Å². The second-order valence-corrected chi connectivity index (χ2v) is 9.39. The Labute approximate surface area is 156 Å². The van der Waals surface area contributed by atoms with Gasteiger partial charge in [-0.25, -0.2) is 8.42 Å². The number of nitrogens with zero attached hydrogens (tertiary/aromatic N) is 2. The van der Waals surface area contributed by atoms with Crippen LogP contribution in [0.3, 0.4) is 0 Å². The van der Waals surface area contributed by atoms with E-state index in [-0.39, 0.29) is 24.9 Å². The molecule has 140 valence electrons. The summed E-state index contributed by atoms with van der Waals surface area (Å²) in [7, 11) is -3.75. The minimum atomic E-state index is -3.75. The summed E-state index contributed by atoms with van der Waals surface area (Å²) < 4.78 is 33.3. The third-order valence-corrected chi connectivity index (χ3v) is 6.46. The summed E-state index contributed by atoms with van der Waals surface area (Å²) >= 11 is 0. The SMILES string of the molecule is Cc1cc(C(C)(C)C)cc(C)c1S(=O)(=O)N(CCC#N)Cc1ccco1. The quantitative estimate of drug-likeness (QED) is 0.755. The van der Waals surface area contributed by atoms with Crippen LogP contribution in [-0.2, 0) is 22.0 Å². The number of hydrogen-bond acceptors (Lipinski definition) is 4. The standard InChI is InChI=1S/C20H26N2O3S/c1-15-12-17(20(3,4)5)13-16(2)19(15)26(23,24)22(10-7-9-21)14-18-8-6-11-25-18/h6,8,11-13H,7,10,14H2,1-5H3.